The van der Waals surface area contributed by atoms with Crippen molar-refractivity contribution >= 4 is 17.6 Å². The molecule has 0 unspecified atom stereocenters. The number of anilines is 1. The van der Waals surface area contributed by atoms with Crippen LogP contribution in [0.4, 0.5) is 14.9 Å². The molecule has 0 saturated carbocycles. The highest BCUT2D eigenvalue weighted by Gasteiger charge is 2.35. The van der Waals surface area contributed by atoms with Crippen molar-refractivity contribution in [2.24, 2.45) is 0 Å². The molecule has 3 amide bonds. The number of hydrogen-bond donors (Lipinski definition) is 1. The highest BCUT2D eigenvalue weighted by Crippen LogP contribution is 2.28. The third kappa shape index (κ3) is 4.08. The standard InChI is InChI=1S/C19H27FN4O2/c1-22(2)19(26)21-12-16-11-15(20)13-24(16)18(25)8-10-23-9-7-14-5-3-4-6-17(14)23/h3-6,15-16H,7-13H2,1-2H3,(H,21,26)/t15-,16-/m0/s1. The van der Waals surface area contributed by atoms with E-state index in [0.29, 0.717) is 13.0 Å². The number of nitrogens with one attached hydrogen (secondary N) is 1. The van der Waals surface area contributed by atoms with E-state index in [1.54, 1.807) is 19.0 Å². The number of nitrogens with zero attached hydrogens (tertiary/aromatic N) is 3. The topological polar surface area (TPSA) is 55.9 Å². The number of rotatable bonds is 5. The Balaban J connectivity index is 1.53. The van der Waals surface area contributed by atoms with Gasteiger partial charge in [0, 0.05) is 52.3 Å². The SMILES string of the molecule is CN(C)C(=O)NC[C@@H]1C[C@H](F)CN1C(=O)CCN1CCc2ccccc21. The van der Waals surface area contributed by atoms with E-state index >= 15 is 0 Å². The number of alkyl halides is 1. The minimum atomic E-state index is -1.02. The minimum Gasteiger partial charge on any atom is -0.370 e. The Morgan fingerprint density at radius 3 is 2.85 bits per heavy atom. The first-order chi connectivity index (χ1) is 12.5. The molecular weight excluding hydrogens is 335 g/mol. The Kier molecular flexibility index (Phi) is 5.64. The number of halogens is 1. The van der Waals surface area contributed by atoms with Crippen molar-refractivity contribution in [2.75, 3.05) is 45.2 Å². The first kappa shape index (κ1) is 18.5. The maximum absolute atomic E-state index is 13.9. The number of fused-ring (bicyclic) bond motifs is 1. The van der Waals surface area contributed by atoms with Crippen LogP contribution in [-0.2, 0) is 11.2 Å². The summed E-state index contributed by atoms with van der Waals surface area (Å²) in [4.78, 5) is 29.6. The molecule has 0 aliphatic carbocycles. The van der Waals surface area contributed by atoms with Gasteiger partial charge in [-0.2, -0.15) is 0 Å². The van der Waals surface area contributed by atoms with Gasteiger partial charge in [0.15, 0.2) is 0 Å². The molecule has 2 aliphatic rings. The van der Waals surface area contributed by atoms with E-state index in [9.17, 15) is 14.0 Å². The second-order valence-electron chi connectivity index (χ2n) is 7.23. The molecule has 26 heavy (non-hydrogen) atoms. The normalized spacial score (nSPS) is 21.7. The Hall–Kier alpha value is -2.31. The van der Waals surface area contributed by atoms with E-state index < -0.39 is 6.17 Å². The lowest BCUT2D eigenvalue weighted by Gasteiger charge is -2.27. The van der Waals surface area contributed by atoms with Crippen LogP contribution in [0.5, 0.6) is 0 Å². The van der Waals surface area contributed by atoms with E-state index in [4.69, 9.17) is 0 Å². The lowest BCUT2D eigenvalue weighted by atomic mass is 10.2. The van der Waals surface area contributed by atoms with Crippen LogP contribution >= 0.6 is 0 Å². The van der Waals surface area contributed by atoms with Crippen LogP contribution in [0.3, 0.4) is 0 Å². The largest absolute Gasteiger partial charge is 0.370 e. The lowest BCUT2D eigenvalue weighted by molar-refractivity contribution is -0.131. The zero-order valence-corrected chi connectivity index (χ0v) is 15.4. The van der Waals surface area contributed by atoms with E-state index in [1.165, 1.54) is 16.2 Å². The van der Waals surface area contributed by atoms with Gasteiger partial charge in [0.1, 0.15) is 6.17 Å². The van der Waals surface area contributed by atoms with Crippen molar-refractivity contribution in [3.63, 3.8) is 0 Å². The molecule has 142 valence electrons. The van der Waals surface area contributed by atoms with Gasteiger partial charge in [-0.3, -0.25) is 4.79 Å². The van der Waals surface area contributed by atoms with Gasteiger partial charge >= 0.3 is 6.03 Å². The molecule has 1 N–H and O–H groups in total. The molecule has 1 aromatic rings. The summed E-state index contributed by atoms with van der Waals surface area (Å²) in [6, 6.07) is 7.75. The number of hydrogen-bond acceptors (Lipinski definition) is 3. The average molecular weight is 362 g/mol. The summed E-state index contributed by atoms with van der Waals surface area (Å²) in [6.45, 7) is 1.97. The smallest absolute Gasteiger partial charge is 0.316 e. The van der Waals surface area contributed by atoms with E-state index in [-0.39, 0.29) is 37.5 Å². The van der Waals surface area contributed by atoms with Crippen LogP contribution in [-0.4, -0.2) is 74.2 Å². The monoisotopic (exact) mass is 362 g/mol. The zero-order valence-electron chi connectivity index (χ0n) is 15.4. The molecular formula is C19H27FN4O2. The van der Waals surface area contributed by atoms with Gasteiger partial charge in [0.25, 0.3) is 0 Å². The summed E-state index contributed by atoms with van der Waals surface area (Å²) in [5.41, 5.74) is 2.51. The fraction of sp³-hybridized carbons (Fsp3) is 0.579. The number of amides is 3. The molecule has 2 heterocycles. The molecule has 6 nitrogen and oxygen atoms in total. The van der Waals surface area contributed by atoms with Crippen molar-refractivity contribution in [1.82, 2.24) is 15.1 Å². The van der Waals surface area contributed by atoms with Crippen LogP contribution < -0.4 is 10.2 Å². The van der Waals surface area contributed by atoms with Crippen molar-refractivity contribution in [3.05, 3.63) is 29.8 Å². The summed E-state index contributed by atoms with van der Waals surface area (Å²) >= 11 is 0. The molecule has 1 aromatic carbocycles. The molecule has 0 bridgehead atoms. The average Bonchev–Trinajstić information content (AvgIpc) is 3.20. The van der Waals surface area contributed by atoms with Gasteiger partial charge < -0.3 is 20.0 Å². The van der Waals surface area contributed by atoms with Crippen LogP contribution in [0.25, 0.3) is 0 Å². The molecule has 0 spiro atoms. The second kappa shape index (κ2) is 7.93. The summed E-state index contributed by atoms with van der Waals surface area (Å²) < 4.78 is 13.9. The fourth-order valence-corrected chi connectivity index (χ4v) is 3.73. The van der Waals surface area contributed by atoms with Crippen LogP contribution in [0, 0.1) is 0 Å². The number of benzene rings is 1. The fourth-order valence-electron chi connectivity index (χ4n) is 3.73. The molecule has 0 radical (unpaired) electrons. The number of para-hydroxylation sites is 1. The number of likely N-dealkylation sites (tertiary alicyclic amines) is 1. The van der Waals surface area contributed by atoms with Crippen LogP contribution in [0.15, 0.2) is 24.3 Å². The van der Waals surface area contributed by atoms with Gasteiger partial charge in [-0.25, -0.2) is 9.18 Å². The van der Waals surface area contributed by atoms with Crippen LogP contribution in [0.2, 0.25) is 0 Å². The van der Waals surface area contributed by atoms with Crippen LogP contribution in [0.1, 0.15) is 18.4 Å². The third-order valence-corrected chi connectivity index (χ3v) is 5.16. The van der Waals surface area contributed by atoms with Crippen molar-refractivity contribution in [2.45, 2.75) is 31.5 Å². The number of carbonyl (C=O) groups is 2. The summed E-state index contributed by atoms with van der Waals surface area (Å²) in [7, 11) is 3.30. The lowest BCUT2D eigenvalue weighted by Crippen LogP contribution is -2.46. The molecule has 2 atom stereocenters. The zero-order chi connectivity index (χ0) is 18.7. The Labute approximate surface area is 153 Å². The molecule has 0 aromatic heterocycles. The number of carbonyl (C=O) groups excluding carboxylic acids is 2. The summed E-state index contributed by atoms with van der Waals surface area (Å²) in [5, 5.41) is 2.76. The number of urea groups is 1. The third-order valence-electron chi connectivity index (χ3n) is 5.16. The minimum absolute atomic E-state index is 0.0429. The molecule has 1 saturated heterocycles. The second-order valence-corrected chi connectivity index (χ2v) is 7.23. The van der Waals surface area contributed by atoms with Crippen molar-refractivity contribution in [1.29, 1.82) is 0 Å². The van der Waals surface area contributed by atoms with Gasteiger partial charge in [0.05, 0.1) is 12.6 Å². The molecule has 3 rings (SSSR count). The molecule has 7 heteroatoms. The first-order valence-corrected chi connectivity index (χ1v) is 9.17. The summed E-state index contributed by atoms with van der Waals surface area (Å²) in [6.07, 6.45) is 0.623. The van der Waals surface area contributed by atoms with Crippen molar-refractivity contribution < 1.29 is 14.0 Å². The predicted molar refractivity (Wildman–Crippen MR) is 99.1 cm³/mol. The van der Waals surface area contributed by atoms with E-state index in [0.717, 1.165) is 13.0 Å². The Morgan fingerprint density at radius 1 is 1.31 bits per heavy atom. The highest BCUT2D eigenvalue weighted by atomic mass is 19.1. The van der Waals surface area contributed by atoms with E-state index in [1.807, 2.05) is 12.1 Å². The van der Waals surface area contributed by atoms with Gasteiger partial charge in [-0.05, 0) is 18.1 Å². The van der Waals surface area contributed by atoms with Crippen molar-refractivity contribution in [3.8, 4) is 0 Å². The first-order valence-electron chi connectivity index (χ1n) is 9.17. The van der Waals surface area contributed by atoms with Gasteiger partial charge in [0.2, 0.25) is 5.91 Å². The van der Waals surface area contributed by atoms with E-state index in [2.05, 4.69) is 22.3 Å². The van der Waals surface area contributed by atoms with Gasteiger partial charge in [-0.15, -0.1) is 0 Å². The quantitative estimate of drug-likeness (QED) is 0.867. The maximum Gasteiger partial charge on any atom is 0.316 e. The maximum atomic E-state index is 13.9. The Morgan fingerprint density at radius 2 is 2.08 bits per heavy atom. The highest BCUT2D eigenvalue weighted by molar-refractivity contribution is 5.78. The Bertz CT molecular complexity index is 667. The predicted octanol–water partition coefficient (Wildman–Crippen LogP) is 1.65. The van der Waals surface area contributed by atoms with Gasteiger partial charge in [-0.1, -0.05) is 18.2 Å². The molecule has 2 aliphatic heterocycles. The molecule has 1 fully saturated rings. The summed E-state index contributed by atoms with van der Waals surface area (Å²) in [5.74, 6) is -0.0429.